The molecule has 2 aromatic heterocycles. The molecule has 6 nitrogen and oxygen atoms in total. The second-order valence-electron chi connectivity index (χ2n) is 7.76. The van der Waals surface area contributed by atoms with Gasteiger partial charge in [-0.3, -0.25) is 0 Å². The number of nitrogens with zero attached hydrogens (tertiary/aromatic N) is 4. The number of aromatic nitrogens is 4. The summed E-state index contributed by atoms with van der Waals surface area (Å²) in [6, 6.07) is 17.5. The summed E-state index contributed by atoms with van der Waals surface area (Å²) in [5.41, 5.74) is 6.54. The summed E-state index contributed by atoms with van der Waals surface area (Å²) in [5.74, 6) is 1.36. The molecule has 0 fully saturated rings. The molecule has 0 spiro atoms. The van der Waals surface area contributed by atoms with Crippen molar-refractivity contribution in [1.29, 1.82) is 0 Å². The SMILES string of the molecule is CCNc1nc(NCc2ccc(-c3ccc(C)cc3)cc2)c2ncn(C(C)C)c2n1. The fourth-order valence-electron chi connectivity index (χ4n) is 3.40. The number of hydrogen-bond acceptors (Lipinski definition) is 5. The van der Waals surface area contributed by atoms with Crippen molar-refractivity contribution in [2.24, 2.45) is 0 Å². The first-order chi connectivity index (χ1) is 14.5. The van der Waals surface area contributed by atoms with E-state index in [9.17, 15) is 0 Å². The first-order valence-electron chi connectivity index (χ1n) is 10.4. The normalized spacial score (nSPS) is 11.2. The van der Waals surface area contributed by atoms with Gasteiger partial charge in [-0.1, -0.05) is 54.1 Å². The molecule has 0 amide bonds. The molecule has 2 N–H and O–H groups in total. The number of nitrogens with one attached hydrogen (secondary N) is 2. The molecule has 0 aliphatic carbocycles. The van der Waals surface area contributed by atoms with Crippen molar-refractivity contribution in [1.82, 2.24) is 19.5 Å². The topological polar surface area (TPSA) is 67.7 Å². The lowest BCUT2D eigenvalue weighted by molar-refractivity contribution is 0.613. The monoisotopic (exact) mass is 400 g/mol. The van der Waals surface area contributed by atoms with Gasteiger partial charge < -0.3 is 15.2 Å². The van der Waals surface area contributed by atoms with E-state index in [0.29, 0.717) is 12.5 Å². The van der Waals surface area contributed by atoms with Crippen LogP contribution in [0.15, 0.2) is 54.9 Å². The Balaban J connectivity index is 1.56. The van der Waals surface area contributed by atoms with Crippen LogP contribution in [0.5, 0.6) is 0 Å². The summed E-state index contributed by atoms with van der Waals surface area (Å²) in [4.78, 5) is 13.9. The Hall–Kier alpha value is -3.41. The van der Waals surface area contributed by atoms with E-state index in [2.05, 4.69) is 99.5 Å². The van der Waals surface area contributed by atoms with E-state index >= 15 is 0 Å². The van der Waals surface area contributed by atoms with Gasteiger partial charge in [-0.2, -0.15) is 9.97 Å². The Morgan fingerprint density at radius 1 is 0.900 bits per heavy atom. The third-order valence-corrected chi connectivity index (χ3v) is 5.11. The van der Waals surface area contributed by atoms with E-state index in [4.69, 9.17) is 0 Å². The fourth-order valence-corrected chi connectivity index (χ4v) is 3.40. The van der Waals surface area contributed by atoms with Gasteiger partial charge in [0, 0.05) is 19.1 Å². The summed E-state index contributed by atoms with van der Waals surface area (Å²) < 4.78 is 2.07. The minimum atomic E-state index is 0.279. The van der Waals surface area contributed by atoms with E-state index in [0.717, 1.165) is 23.5 Å². The van der Waals surface area contributed by atoms with Crippen LogP contribution in [-0.4, -0.2) is 26.1 Å². The smallest absolute Gasteiger partial charge is 0.226 e. The van der Waals surface area contributed by atoms with Crippen molar-refractivity contribution >= 4 is 22.9 Å². The second kappa shape index (κ2) is 8.53. The Labute approximate surface area is 177 Å². The summed E-state index contributed by atoms with van der Waals surface area (Å²) in [7, 11) is 0. The van der Waals surface area contributed by atoms with Gasteiger partial charge in [0.05, 0.1) is 6.33 Å². The van der Waals surface area contributed by atoms with Gasteiger partial charge in [0.25, 0.3) is 0 Å². The highest BCUT2D eigenvalue weighted by atomic mass is 15.2. The van der Waals surface area contributed by atoms with E-state index < -0.39 is 0 Å². The van der Waals surface area contributed by atoms with E-state index in [-0.39, 0.29) is 6.04 Å². The van der Waals surface area contributed by atoms with E-state index in [1.54, 1.807) is 0 Å². The highest BCUT2D eigenvalue weighted by Gasteiger charge is 2.14. The number of imidazole rings is 1. The van der Waals surface area contributed by atoms with Crippen molar-refractivity contribution in [3.05, 3.63) is 66.0 Å². The number of benzene rings is 2. The molecule has 30 heavy (non-hydrogen) atoms. The first kappa shape index (κ1) is 19.9. The molecule has 0 aliphatic rings. The van der Waals surface area contributed by atoms with Crippen molar-refractivity contribution in [2.75, 3.05) is 17.2 Å². The lowest BCUT2D eigenvalue weighted by atomic mass is 10.0. The Morgan fingerprint density at radius 3 is 2.20 bits per heavy atom. The van der Waals surface area contributed by atoms with Crippen LogP contribution in [0.1, 0.15) is 37.9 Å². The molecule has 0 unspecified atom stereocenters. The molecule has 0 aliphatic heterocycles. The zero-order valence-corrected chi connectivity index (χ0v) is 18.0. The van der Waals surface area contributed by atoms with Gasteiger partial charge >= 0.3 is 0 Å². The standard InChI is InChI=1S/C24H28N6/c1-5-25-24-28-22(21-23(29-24)30(15-27-21)16(2)3)26-14-18-8-12-20(13-9-18)19-10-6-17(4)7-11-19/h6-13,15-16H,5,14H2,1-4H3,(H2,25,26,28,29). The lowest BCUT2D eigenvalue weighted by Gasteiger charge is -2.12. The maximum absolute atomic E-state index is 4.65. The van der Waals surface area contributed by atoms with Gasteiger partial charge in [0.15, 0.2) is 17.0 Å². The summed E-state index contributed by atoms with van der Waals surface area (Å²) >= 11 is 0. The van der Waals surface area contributed by atoms with Crippen molar-refractivity contribution in [2.45, 2.75) is 40.3 Å². The van der Waals surface area contributed by atoms with Crippen LogP contribution in [0.2, 0.25) is 0 Å². The van der Waals surface area contributed by atoms with Crippen molar-refractivity contribution in [3.63, 3.8) is 0 Å². The van der Waals surface area contributed by atoms with Gasteiger partial charge in [0.1, 0.15) is 0 Å². The molecule has 0 radical (unpaired) electrons. The highest BCUT2D eigenvalue weighted by molar-refractivity contribution is 5.84. The lowest BCUT2D eigenvalue weighted by Crippen LogP contribution is -2.09. The van der Waals surface area contributed by atoms with Gasteiger partial charge in [-0.05, 0) is 44.4 Å². The average Bonchev–Trinajstić information content (AvgIpc) is 3.18. The molecule has 0 atom stereocenters. The number of hydrogen-bond donors (Lipinski definition) is 2. The zero-order valence-electron chi connectivity index (χ0n) is 18.0. The summed E-state index contributed by atoms with van der Waals surface area (Å²) in [5, 5.41) is 6.68. The van der Waals surface area contributed by atoms with E-state index in [1.165, 1.54) is 22.3 Å². The van der Waals surface area contributed by atoms with Gasteiger partial charge in [0.2, 0.25) is 5.95 Å². The van der Waals surface area contributed by atoms with Crippen LogP contribution in [0, 0.1) is 6.92 Å². The summed E-state index contributed by atoms with van der Waals surface area (Å²) in [6.07, 6.45) is 1.83. The van der Waals surface area contributed by atoms with Crippen molar-refractivity contribution < 1.29 is 0 Å². The van der Waals surface area contributed by atoms with Gasteiger partial charge in [-0.25, -0.2) is 4.98 Å². The third-order valence-electron chi connectivity index (χ3n) is 5.11. The number of rotatable bonds is 7. The summed E-state index contributed by atoms with van der Waals surface area (Å²) in [6.45, 7) is 9.82. The number of anilines is 2. The molecule has 4 rings (SSSR count). The maximum atomic E-state index is 4.65. The van der Waals surface area contributed by atoms with Crippen LogP contribution in [0.25, 0.3) is 22.3 Å². The Bertz CT molecular complexity index is 1130. The fraction of sp³-hybridized carbons (Fsp3) is 0.292. The minimum absolute atomic E-state index is 0.279. The molecule has 0 bridgehead atoms. The quantitative estimate of drug-likeness (QED) is 0.433. The third kappa shape index (κ3) is 4.13. The predicted molar refractivity (Wildman–Crippen MR) is 124 cm³/mol. The Morgan fingerprint density at radius 2 is 1.57 bits per heavy atom. The Kier molecular flexibility index (Phi) is 5.65. The van der Waals surface area contributed by atoms with Gasteiger partial charge in [-0.15, -0.1) is 0 Å². The molecule has 2 heterocycles. The van der Waals surface area contributed by atoms with Crippen molar-refractivity contribution in [3.8, 4) is 11.1 Å². The van der Waals surface area contributed by atoms with E-state index in [1.807, 2.05) is 13.3 Å². The largest absolute Gasteiger partial charge is 0.364 e. The molecule has 0 saturated heterocycles. The molecular weight excluding hydrogens is 372 g/mol. The van der Waals surface area contributed by atoms with Crippen LogP contribution in [-0.2, 0) is 6.54 Å². The first-order valence-corrected chi connectivity index (χ1v) is 10.4. The van der Waals surface area contributed by atoms with Crippen LogP contribution < -0.4 is 10.6 Å². The predicted octanol–water partition coefficient (Wildman–Crippen LogP) is 5.43. The second-order valence-corrected chi connectivity index (χ2v) is 7.76. The highest BCUT2D eigenvalue weighted by Crippen LogP contribution is 2.24. The number of fused-ring (bicyclic) bond motifs is 1. The molecule has 2 aromatic carbocycles. The molecular formula is C24H28N6. The van der Waals surface area contributed by atoms with Crippen LogP contribution in [0.3, 0.4) is 0 Å². The number of aryl methyl sites for hydroxylation is 1. The van der Waals surface area contributed by atoms with Crippen LogP contribution in [0.4, 0.5) is 11.8 Å². The molecule has 0 saturated carbocycles. The minimum Gasteiger partial charge on any atom is -0.364 e. The van der Waals surface area contributed by atoms with Crippen LogP contribution >= 0.6 is 0 Å². The molecule has 4 aromatic rings. The molecule has 6 heteroatoms. The molecule has 154 valence electrons. The maximum Gasteiger partial charge on any atom is 0.226 e. The zero-order chi connectivity index (χ0) is 21.1. The average molecular weight is 401 g/mol.